The highest BCUT2D eigenvalue weighted by Gasteiger charge is 2.27. The molecule has 2 rings (SSSR count). The van der Waals surface area contributed by atoms with Gasteiger partial charge in [-0.15, -0.1) is 0 Å². The van der Waals surface area contributed by atoms with Crippen molar-refractivity contribution in [1.29, 1.82) is 0 Å². The van der Waals surface area contributed by atoms with Crippen molar-refractivity contribution in [3.63, 3.8) is 0 Å². The average Bonchev–Trinajstić information content (AvgIpc) is 2.29. The molecule has 1 nitrogen and oxygen atoms in total. The fourth-order valence-electron chi connectivity index (χ4n) is 2.12. The molecule has 0 spiro atoms. The minimum absolute atomic E-state index is 0.588. The minimum atomic E-state index is 0.588. The van der Waals surface area contributed by atoms with Crippen LogP contribution < -0.4 is 5.32 Å². The van der Waals surface area contributed by atoms with Crippen LogP contribution in [-0.4, -0.2) is 6.04 Å². The SMILES string of the molecule is CC.CC1Nc2ccccc2C(C)C1C. The van der Waals surface area contributed by atoms with Crippen LogP contribution in [0.5, 0.6) is 0 Å². The Kier molecular flexibility index (Phi) is 4.19. The fourth-order valence-corrected chi connectivity index (χ4v) is 2.12. The molecule has 1 aromatic rings. The lowest BCUT2D eigenvalue weighted by molar-refractivity contribution is 0.420. The summed E-state index contributed by atoms with van der Waals surface area (Å²) < 4.78 is 0. The van der Waals surface area contributed by atoms with E-state index in [4.69, 9.17) is 0 Å². The number of nitrogens with one attached hydrogen (secondary N) is 1. The van der Waals surface area contributed by atoms with Gasteiger partial charge in [-0.1, -0.05) is 45.9 Å². The summed E-state index contributed by atoms with van der Waals surface area (Å²) >= 11 is 0. The van der Waals surface area contributed by atoms with Gasteiger partial charge >= 0.3 is 0 Å². The quantitative estimate of drug-likeness (QED) is 0.667. The van der Waals surface area contributed by atoms with Gasteiger partial charge in [0.2, 0.25) is 0 Å². The van der Waals surface area contributed by atoms with Crippen molar-refractivity contribution in [2.45, 2.75) is 46.6 Å². The van der Waals surface area contributed by atoms with E-state index in [1.165, 1.54) is 11.3 Å². The van der Waals surface area contributed by atoms with Gasteiger partial charge in [0.15, 0.2) is 0 Å². The molecular formula is C14H23N. The second kappa shape index (κ2) is 5.20. The van der Waals surface area contributed by atoms with E-state index in [1.807, 2.05) is 13.8 Å². The number of benzene rings is 1. The molecule has 3 unspecified atom stereocenters. The Morgan fingerprint density at radius 3 is 2.27 bits per heavy atom. The molecule has 0 bridgehead atoms. The van der Waals surface area contributed by atoms with E-state index in [-0.39, 0.29) is 0 Å². The smallest absolute Gasteiger partial charge is 0.0377 e. The van der Waals surface area contributed by atoms with E-state index in [2.05, 4.69) is 50.4 Å². The summed E-state index contributed by atoms with van der Waals surface area (Å²) in [6, 6.07) is 9.22. The summed E-state index contributed by atoms with van der Waals surface area (Å²) in [5.41, 5.74) is 2.79. The van der Waals surface area contributed by atoms with Crippen molar-refractivity contribution in [3.05, 3.63) is 29.8 Å². The first kappa shape index (κ1) is 12.1. The standard InChI is InChI=1S/C12H17N.C2H6/c1-8-9(2)11-6-4-5-7-12(11)13-10(8)3;1-2/h4-10,13H,1-3H3;1-2H3. The molecule has 1 N–H and O–H groups in total. The van der Waals surface area contributed by atoms with Crippen molar-refractivity contribution in [2.24, 2.45) is 5.92 Å². The van der Waals surface area contributed by atoms with E-state index in [0.29, 0.717) is 12.0 Å². The van der Waals surface area contributed by atoms with E-state index in [9.17, 15) is 0 Å². The minimum Gasteiger partial charge on any atom is -0.382 e. The van der Waals surface area contributed by atoms with Crippen LogP contribution in [0.4, 0.5) is 5.69 Å². The molecule has 84 valence electrons. The first-order valence-corrected chi connectivity index (χ1v) is 6.05. The molecule has 1 heterocycles. The van der Waals surface area contributed by atoms with Crippen molar-refractivity contribution < 1.29 is 0 Å². The van der Waals surface area contributed by atoms with Gasteiger partial charge in [-0.25, -0.2) is 0 Å². The molecule has 1 aliphatic rings. The molecule has 0 radical (unpaired) electrons. The topological polar surface area (TPSA) is 12.0 Å². The second-order valence-corrected chi connectivity index (χ2v) is 4.17. The molecule has 1 aliphatic heterocycles. The average molecular weight is 205 g/mol. The van der Waals surface area contributed by atoms with Gasteiger partial charge in [0, 0.05) is 11.7 Å². The molecule has 0 aliphatic carbocycles. The molecule has 1 heteroatoms. The largest absolute Gasteiger partial charge is 0.382 e. The maximum atomic E-state index is 3.54. The lowest BCUT2D eigenvalue weighted by Crippen LogP contribution is -2.32. The zero-order valence-electron chi connectivity index (χ0n) is 10.5. The third-order valence-electron chi connectivity index (χ3n) is 3.41. The normalized spacial score (nSPS) is 28.2. The monoisotopic (exact) mass is 205 g/mol. The summed E-state index contributed by atoms with van der Waals surface area (Å²) in [5.74, 6) is 1.39. The van der Waals surface area contributed by atoms with Gasteiger partial charge in [-0.05, 0) is 30.4 Å². The van der Waals surface area contributed by atoms with Crippen LogP contribution in [0.2, 0.25) is 0 Å². The van der Waals surface area contributed by atoms with Gasteiger partial charge in [0.05, 0.1) is 0 Å². The summed E-state index contributed by atoms with van der Waals surface area (Å²) in [6.45, 7) is 10.9. The summed E-state index contributed by atoms with van der Waals surface area (Å²) in [7, 11) is 0. The van der Waals surface area contributed by atoms with Crippen LogP contribution in [-0.2, 0) is 0 Å². The number of hydrogen-bond donors (Lipinski definition) is 1. The Morgan fingerprint density at radius 2 is 1.60 bits per heavy atom. The third-order valence-corrected chi connectivity index (χ3v) is 3.41. The maximum Gasteiger partial charge on any atom is 0.0377 e. The van der Waals surface area contributed by atoms with Gasteiger partial charge in [-0.2, -0.15) is 0 Å². The molecule has 0 saturated carbocycles. The van der Waals surface area contributed by atoms with Crippen LogP contribution in [0.15, 0.2) is 24.3 Å². The van der Waals surface area contributed by atoms with Gasteiger partial charge < -0.3 is 5.32 Å². The van der Waals surface area contributed by atoms with Crippen LogP contribution in [0, 0.1) is 5.92 Å². The van der Waals surface area contributed by atoms with Crippen molar-refractivity contribution in [3.8, 4) is 0 Å². The highest BCUT2D eigenvalue weighted by Crippen LogP contribution is 2.37. The maximum absolute atomic E-state index is 3.54. The highest BCUT2D eigenvalue weighted by molar-refractivity contribution is 5.55. The van der Waals surface area contributed by atoms with Crippen LogP contribution >= 0.6 is 0 Å². The molecule has 3 atom stereocenters. The number of para-hydroxylation sites is 1. The zero-order valence-corrected chi connectivity index (χ0v) is 10.5. The van der Waals surface area contributed by atoms with Crippen molar-refractivity contribution in [2.75, 3.05) is 5.32 Å². The van der Waals surface area contributed by atoms with E-state index < -0.39 is 0 Å². The van der Waals surface area contributed by atoms with Crippen LogP contribution in [0.25, 0.3) is 0 Å². The molecular weight excluding hydrogens is 182 g/mol. The summed E-state index contributed by atoms with van der Waals surface area (Å²) in [5, 5.41) is 3.54. The number of anilines is 1. The number of rotatable bonds is 0. The fraction of sp³-hybridized carbons (Fsp3) is 0.571. The van der Waals surface area contributed by atoms with Crippen molar-refractivity contribution in [1.82, 2.24) is 0 Å². The molecule has 0 amide bonds. The first-order valence-electron chi connectivity index (χ1n) is 6.05. The lowest BCUT2D eigenvalue weighted by atomic mass is 9.80. The highest BCUT2D eigenvalue weighted by atomic mass is 14.9. The lowest BCUT2D eigenvalue weighted by Gasteiger charge is -2.35. The molecule has 0 fully saturated rings. The Morgan fingerprint density at radius 1 is 1.00 bits per heavy atom. The molecule has 0 aromatic heterocycles. The van der Waals surface area contributed by atoms with Gasteiger partial charge in [-0.3, -0.25) is 0 Å². The number of hydrogen-bond acceptors (Lipinski definition) is 1. The molecule has 0 saturated heterocycles. The van der Waals surface area contributed by atoms with Gasteiger partial charge in [0.1, 0.15) is 0 Å². The summed E-state index contributed by atoms with van der Waals surface area (Å²) in [4.78, 5) is 0. The Balaban J connectivity index is 0.000000531. The van der Waals surface area contributed by atoms with Crippen LogP contribution in [0.3, 0.4) is 0 Å². The van der Waals surface area contributed by atoms with Crippen molar-refractivity contribution >= 4 is 5.69 Å². The summed E-state index contributed by atoms with van der Waals surface area (Å²) in [6.07, 6.45) is 0. The van der Waals surface area contributed by atoms with E-state index in [0.717, 1.165) is 5.92 Å². The molecule has 15 heavy (non-hydrogen) atoms. The van der Waals surface area contributed by atoms with E-state index in [1.54, 1.807) is 0 Å². The van der Waals surface area contributed by atoms with E-state index >= 15 is 0 Å². The Hall–Kier alpha value is -0.980. The number of fused-ring (bicyclic) bond motifs is 1. The van der Waals surface area contributed by atoms with Crippen LogP contribution in [0.1, 0.15) is 46.1 Å². The Labute approximate surface area is 93.9 Å². The predicted molar refractivity (Wildman–Crippen MR) is 68.5 cm³/mol. The third kappa shape index (κ3) is 2.34. The second-order valence-electron chi connectivity index (χ2n) is 4.17. The first-order chi connectivity index (χ1) is 7.20. The molecule has 1 aromatic carbocycles. The zero-order chi connectivity index (χ0) is 11.4. The predicted octanol–water partition coefficient (Wildman–Crippen LogP) is 4.27. The Bertz CT molecular complexity index is 306. The van der Waals surface area contributed by atoms with Gasteiger partial charge in [0.25, 0.3) is 0 Å².